The SMILES string of the molecule is Cc1cc(=O)oc2c(F)c(OC(C)(C)C)c(Cl)cc12. The van der Waals surface area contributed by atoms with E-state index in [-0.39, 0.29) is 16.4 Å². The molecule has 0 atom stereocenters. The molecule has 19 heavy (non-hydrogen) atoms. The van der Waals surface area contributed by atoms with Crippen LogP contribution in [0, 0.1) is 12.7 Å². The van der Waals surface area contributed by atoms with Crippen LogP contribution in [-0.2, 0) is 0 Å². The minimum atomic E-state index is -0.752. The molecule has 2 aromatic rings. The van der Waals surface area contributed by atoms with Crippen LogP contribution in [0.3, 0.4) is 0 Å². The lowest BCUT2D eigenvalue weighted by molar-refractivity contribution is 0.124. The predicted molar refractivity (Wildman–Crippen MR) is 72.6 cm³/mol. The van der Waals surface area contributed by atoms with Crippen LogP contribution in [0.1, 0.15) is 26.3 Å². The van der Waals surface area contributed by atoms with Gasteiger partial charge in [-0.2, -0.15) is 4.39 Å². The molecular weight excluding hydrogens is 271 g/mol. The summed E-state index contributed by atoms with van der Waals surface area (Å²) in [5.41, 5.74) is -0.738. The Morgan fingerprint density at radius 2 is 1.95 bits per heavy atom. The van der Waals surface area contributed by atoms with Crippen molar-refractivity contribution in [1.82, 2.24) is 0 Å². The number of benzene rings is 1. The molecule has 2 rings (SSSR count). The minimum Gasteiger partial charge on any atom is -0.483 e. The predicted octanol–water partition coefficient (Wildman–Crippen LogP) is 4.07. The summed E-state index contributed by atoms with van der Waals surface area (Å²) in [6.07, 6.45) is 0. The van der Waals surface area contributed by atoms with E-state index >= 15 is 0 Å². The van der Waals surface area contributed by atoms with Gasteiger partial charge in [-0.25, -0.2) is 4.79 Å². The van der Waals surface area contributed by atoms with Gasteiger partial charge in [0, 0.05) is 11.5 Å². The van der Waals surface area contributed by atoms with E-state index in [9.17, 15) is 9.18 Å². The Kier molecular flexibility index (Phi) is 3.31. The molecule has 102 valence electrons. The fourth-order valence-corrected chi connectivity index (χ4v) is 1.99. The van der Waals surface area contributed by atoms with Crippen LogP contribution >= 0.6 is 11.6 Å². The molecule has 0 N–H and O–H groups in total. The fraction of sp³-hybridized carbons (Fsp3) is 0.357. The van der Waals surface area contributed by atoms with Crippen LogP contribution < -0.4 is 10.4 Å². The largest absolute Gasteiger partial charge is 0.483 e. The third-order valence-electron chi connectivity index (χ3n) is 2.50. The number of ether oxygens (including phenoxy) is 1. The Hall–Kier alpha value is -1.55. The van der Waals surface area contributed by atoms with Crippen molar-refractivity contribution in [3.63, 3.8) is 0 Å². The summed E-state index contributed by atoms with van der Waals surface area (Å²) in [6, 6.07) is 2.84. The Morgan fingerprint density at radius 3 is 2.53 bits per heavy atom. The number of aryl methyl sites for hydroxylation is 1. The van der Waals surface area contributed by atoms with Gasteiger partial charge in [-0.15, -0.1) is 0 Å². The van der Waals surface area contributed by atoms with Crippen molar-refractivity contribution >= 4 is 22.6 Å². The molecule has 0 saturated carbocycles. The molecule has 0 radical (unpaired) electrons. The number of rotatable bonds is 1. The van der Waals surface area contributed by atoms with Crippen molar-refractivity contribution in [3.05, 3.63) is 39.0 Å². The Bertz CT molecular complexity index is 698. The summed E-state index contributed by atoms with van der Waals surface area (Å²) in [5, 5.41) is 0.611. The molecule has 5 heteroatoms. The van der Waals surface area contributed by atoms with Gasteiger partial charge in [-0.1, -0.05) is 11.6 Å². The normalized spacial score (nSPS) is 11.9. The monoisotopic (exact) mass is 284 g/mol. The van der Waals surface area contributed by atoms with Gasteiger partial charge in [0.1, 0.15) is 5.60 Å². The fourth-order valence-electron chi connectivity index (χ4n) is 1.76. The van der Waals surface area contributed by atoms with E-state index in [0.29, 0.717) is 10.9 Å². The zero-order valence-electron chi connectivity index (χ0n) is 11.1. The van der Waals surface area contributed by atoms with E-state index in [4.69, 9.17) is 20.8 Å². The standard InChI is InChI=1S/C14H14ClFO3/c1-7-5-10(17)18-12-8(7)6-9(15)13(11(12)16)19-14(2,3)4/h5-6H,1-4H3. The highest BCUT2D eigenvalue weighted by molar-refractivity contribution is 6.32. The highest BCUT2D eigenvalue weighted by Crippen LogP contribution is 2.36. The second-order valence-electron chi connectivity index (χ2n) is 5.34. The summed E-state index contributed by atoms with van der Waals surface area (Å²) in [7, 11) is 0. The summed E-state index contributed by atoms with van der Waals surface area (Å²) in [5.74, 6) is -0.853. The highest BCUT2D eigenvalue weighted by Gasteiger charge is 2.22. The third-order valence-corrected chi connectivity index (χ3v) is 2.78. The number of fused-ring (bicyclic) bond motifs is 1. The maximum atomic E-state index is 14.4. The maximum Gasteiger partial charge on any atom is 0.336 e. The average Bonchev–Trinajstić information content (AvgIpc) is 2.25. The van der Waals surface area contributed by atoms with E-state index in [1.165, 1.54) is 6.07 Å². The molecule has 1 aromatic carbocycles. The topological polar surface area (TPSA) is 39.4 Å². The van der Waals surface area contributed by atoms with Crippen LogP contribution in [0.5, 0.6) is 5.75 Å². The first-order valence-corrected chi connectivity index (χ1v) is 6.18. The molecule has 0 fully saturated rings. The maximum absolute atomic E-state index is 14.4. The van der Waals surface area contributed by atoms with Crippen LogP contribution in [0.25, 0.3) is 11.0 Å². The van der Waals surface area contributed by atoms with Crippen molar-refractivity contribution in [2.75, 3.05) is 0 Å². The molecule has 0 amide bonds. The summed E-state index contributed by atoms with van der Waals surface area (Å²) < 4.78 is 24.8. The molecule has 0 aliphatic rings. The smallest absolute Gasteiger partial charge is 0.336 e. The lowest BCUT2D eigenvalue weighted by Crippen LogP contribution is -2.23. The van der Waals surface area contributed by atoms with Crippen molar-refractivity contribution in [3.8, 4) is 5.75 Å². The van der Waals surface area contributed by atoms with Gasteiger partial charge in [0.25, 0.3) is 0 Å². The minimum absolute atomic E-state index is 0.101. The van der Waals surface area contributed by atoms with E-state index in [1.807, 2.05) is 0 Å². The van der Waals surface area contributed by atoms with Gasteiger partial charge in [0.15, 0.2) is 11.3 Å². The van der Waals surface area contributed by atoms with Crippen molar-refractivity contribution in [2.45, 2.75) is 33.3 Å². The lowest BCUT2D eigenvalue weighted by Gasteiger charge is -2.22. The highest BCUT2D eigenvalue weighted by atomic mass is 35.5. The van der Waals surface area contributed by atoms with Crippen LogP contribution in [-0.4, -0.2) is 5.60 Å². The van der Waals surface area contributed by atoms with Crippen LogP contribution in [0.15, 0.2) is 21.3 Å². The first kappa shape index (κ1) is 13.9. The van der Waals surface area contributed by atoms with Gasteiger partial charge < -0.3 is 9.15 Å². The van der Waals surface area contributed by atoms with E-state index in [1.54, 1.807) is 33.8 Å². The van der Waals surface area contributed by atoms with Crippen LogP contribution in [0.4, 0.5) is 4.39 Å². The first-order chi connectivity index (χ1) is 8.69. The molecule has 0 spiro atoms. The quantitative estimate of drug-likeness (QED) is 0.741. The molecule has 1 aromatic heterocycles. The zero-order chi connectivity index (χ0) is 14.4. The first-order valence-electron chi connectivity index (χ1n) is 5.80. The van der Waals surface area contributed by atoms with Gasteiger partial charge in [0.2, 0.25) is 5.82 Å². The molecule has 1 heterocycles. The van der Waals surface area contributed by atoms with E-state index in [2.05, 4.69) is 0 Å². The Morgan fingerprint density at radius 1 is 1.32 bits per heavy atom. The molecule has 0 saturated heterocycles. The van der Waals surface area contributed by atoms with Gasteiger partial charge in [-0.3, -0.25) is 0 Å². The van der Waals surface area contributed by atoms with Crippen LogP contribution in [0.2, 0.25) is 5.02 Å². The summed E-state index contributed by atoms with van der Waals surface area (Å²) in [4.78, 5) is 11.3. The average molecular weight is 285 g/mol. The van der Waals surface area contributed by atoms with E-state index in [0.717, 1.165) is 0 Å². The number of hydrogen-bond donors (Lipinski definition) is 0. The molecular formula is C14H14ClFO3. The molecule has 3 nitrogen and oxygen atoms in total. The van der Waals surface area contributed by atoms with Crippen molar-refractivity contribution < 1.29 is 13.5 Å². The van der Waals surface area contributed by atoms with Gasteiger partial charge >= 0.3 is 5.63 Å². The summed E-state index contributed by atoms with van der Waals surface area (Å²) >= 11 is 6.04. The molecule has 0 aliphatic carbocycles. The number of hydrogen-bond acceptors (Lipinski definition) is 3. The Labute approximate surface area is 114 Å². The van der Waals surface area contributed by atoms with Crippen molar-refractivity contribution in [2.24, 2.45) is 0 Å². The lowest BCUT2D eigenvalue weighted by atomic mass is 10.1. The van der Waals surface area contributed by atoms with Gasteiger partial charge in [-0.05, 0) is 39.3 Å². The van der Waals surface area contributed by atoms with Crippen molar-refractivity contribution in [1.29, 1.82) is 0 Å². The second kappa shape index (κ2) is 4.53. The molecule has 0 bridgehead atoms. The second-order valence-corrected chi connectivity index (χ2v) is 5.75. The number of halogens is 2. The summed E-state index contributed by atoms with van der Waals surface area (Å²) in [6.45, 7) is 7.03. The zero-order valence-corrected chi connectivity index (χ0v) is 11.9. The van der Waals surface area contributed by atoms with Gasteiger partial charge in [0.05, 0.1) is 5.02 Å². The Balaban J connectivity index is 2.78. The molecule has 0 unspecified atom stereocenters. The van der Waals surface area contributed by atoms with E-state index < -0.39 is 17.0 Å². The third kappa shape index (κ3) is 2.73. The molecule has 0 aliphatic heterocycles.